The zero-order chi connectivity index (χ0) is 15.5. The number of nitrogens with one attached hydrogen (secondary N) is 2. The molecule has 6 nitrogen and oxygen atoms in total. The van der Waals surface area contributed by atoms with Crippen LogP contribution in [0.15, 0.2) is 24.3 Å². The van der Waals surface area contributed by atoms with Crippen molar-refractivity contribution in [3.8, 4) is 0 Å². The number of rotatable bonds is 4. The van der Waals surface area contributed by atoms with Crippen LogP contribution in [0.4, 0.5) is 0 Å². The van der Waals surface area contributed by atoms with Crippen molar-refractivity contribution < 1.29 is 13.2 Å². The lowest BCUT2D eigenvalue weighted by molar-refractivity contribution is -0.131. The minimum Gasteiger partial charge on any atom is -0.332 e. The Morgan fingerprint density at radius 2 is 2.23 bits per heavy atom. The summed E-state index contributed by atoms with van der Waals surface area (Å²) in [4.78, 5) is 13.9. The van der Waals surface area contributed by atoms with Crippen LogP contribution in [0.1, 0.15) is 11.6 Å². The van der Waals surface area contributed by atoms with Crippen molar-refractivity contribution in [1.82, 2.24) is 14.9 Å². The highest BCUT2D eigenvalue weighted by Crippen LogP contribution is 2.24. The van der Waals surface area contributed by atoms with E-state index in [2.05, 4.69) is 10.0 Å². The summed E-state index contributed by atoms with van der Waals surface area (Å²) in [6.45, 7) is 1.68. The van der Waals surface area contributed by atoms with E-state index in [1.807, 2.05) is 12.1 Å². The number of sulfonamides is 1. The van der Waals surface area contributed by atoms with Gasteiger partial charge in [-0.05, 0) is 24.7 Å². The smallest absolute Gasteiger partial charge is 0.239 e. The molecule has 2 rings (SSSR count). The molecule has 1 aromatic carbocycles. The molecule has 0 saturated carbocycles. The highest BCUT2D eigenvalue weighted by Gasteiger charge is 2.30. The van der Waals surface area contributed by atoms with E-state index in [-0.39, 0.29) is 18.4 Å². The van der Waals surface area contributed by atoms with Crippen LogP contribution >= 0.6 is 24.0 Å². The van der Waals surface area contributed by atoms with Gasteiger partial charge in [-0.15, -0.1) is 12.4 Å². The molecule has 1 saturated heterocycles. The summed E-state index contributed by atoms with van der Waals surface area (Å²) in [5.74, 6) is -0.948. The number of benzene rings is 1. The number of hydrogen-bond donors (Lipinski definition) is 2. The molecular formula is C13H19Cl2N3O3S. The van der Waals surface area contributed by atoms with Crippen molar-refractivity contribution in [2.45, 2.75) is 6.04 Å². The molecule has 1 atom stereocenters. The van der Waals surface area contributed by atoms with Crippen molar-refractivity contribution in [2.75, 3.05) is 32.4 Å². The molecule has 9 heteroatoms. The minimum absolute atomic E-state index is 0. The fourth-order valence-corrected chi connectivity index (χ4v) is 3.17. The Bertz CT molecular complexity index is 625. The predicted octanol–water partition coefficient (Wildman–Crippen LogP) is 0.784. The van der Waals surface area contributed by atoms with Crippen molar-refractivity contribution in [1.29, 1.82) is 0 Å². The molecule has 22 heavy (non-hydrogen) atoms. The SMILES string of the molecule is CNS(=O)(=O)CC(=O)N1CCNCC1c1cccc(Cl)c1.Cl. The summed E-state index contributed by atoms with van der Waals surface area (Å²) in [7, 11) is -2.27. The number of hydrogen-bond acceptors (Lipinski definition) is 4. The van der Waals surface area contributed by atoms with Crippen molar-refractivity contribution >= 4 is 39.9 Å². The Kier molecular flexibility index (Phi) is 7.08. The Hall–Kier alpha value is -0.860. The number of amides is 1. The number of piperazine rings is 1. The normalized spacial score (nSPS) is 18.6. The highest BCUT2D eigenvalue weighted by atomic mass is 35.5. The van der Waals surface area contributed by atoms with Crippen LogP contribution in [-0.4, -0.2) is 51.7 Å². The Labute approximate surface area is 141 Å². The summed E-state index contributed by atoms with van der Waals surface area (Å²) in [5.41, 5.74) is 0.893. The van der Waals surface area contributed by atoms with Crippen LogP contribution in [-0.2, 0) is 14.8 Å². The Morgan fingerprint density at radius 3 is 2.86 bits per heavy atom. The van der Waals surface area contributed by atoms with Crippen molar-refractivity contribution in [3.63, 3.8) is 0 Å². The van der Waals surface area contributed by atoms with Gasteiger partial charge in [0, 0.05) is 24.7 Å². The van der Waals surface area contributed by atoms with E-state index in [4.69, 9.17) is 11.6 Å². The fraction of sp³-hybridized carbons (Fsp3) is 0.462. The minimum atomic E-state index is -3.57. The summed E-state index contributed by atoms with van der Waals surface area (Å²) in [6, 6.07) is 7.05. The number of carbonyl (C=O) groups is 1. The summed E-state index contributed by atoms with van der Waals surface area (Å²) in [5, 5.41) is 3.80. The van der Waals surface area contributed by atoms with Gasteiger partial charge in [0.25, 0.3) is 0 Å². The van der Waals surface area contributed by atoms with Gasteiger partial charge in [-0.1, -0.05) is 23.7 Å². The van der Waals surface area contributed by atoms with Crippen LogP contribution in [0, 0.1) is 0 Å². The second-order valence-electron chi connectivity index (χ2n) is 4.83. The van der Waals surface area contributed by atoms with Crippen LogP contribution in [0.5, 0.6) is 0 Å². The van der Waals surface area contributed by atoms with E-state index in [1.54, 1.807) is 17.0 Å². The first kappa shape index (κ1) is 19.2. The Balaban J connectivity index is 0.00000242. The monoisotopic (exact) mass is 367 g/mol. The van der Waals surface area contributed by atoms with Crippen LogP contribution < -0.4 is 10.0 Å². The van der Waals surface area contributed by atoms with Gasteiger partial charge >= 0.3 is 0 Å². The first-order valence-electron chi connectivity index (χ1n) is 6.60. The van der Waals surface area contributed by atoms with Gasteiger partial charge in [-0.2, -0.15) is 0 Å². The third kappa shape index (κ3) is 4.82. The molecule has 1 unspecified atom stereocenters. The molecule has 1 fully saturated rings. The van der Waals surface area contributed by atoms with E-state index in [0.29, 0.717) is 24.7 Å². The van der Waals surface area contributed by atoms with E-state index in [0.717, 1.165) is 5.56 Å². The maximum atomic E-state index is 12.3. The maximum Gasteiger partial charge on any atom is 0.239 e. The van der Waals surface area contributed by atoms with Gasteiger partial charge < -0.3 is 10.2 Å². The zero-order valence-corrected chi connectivity index (χ0v) is 14.5. The largest absolute Gasteiger partial charge is 0.332 e. The van der Waals surface area contributed by atoms with Gasteiger partial charge in [0.05, 0.1) is 6.04 Å². The topological polar surface area (TPSA) is 78.5 Å². The first-order valence-corrected chi connectivity index (χ1v) is 8.63. The molecule has 0 spiro atoms. The number of carbonyl (C=O) groups excluding carboxylic acids is 1. The first-order chi connectivity index (χ1) is 9.93. The lowest BCUT2D eigenvalue weighted by Crippen LogP contribution is -2.50. The molecule has 124 valence electrons. The lowest BCUT2D eigenvalue weighted by Gasteiger charge is -2.36. The van der Waals surface area contributed by atoms with E-state index in [1.165, 1.54) is 7.05 Å². The summed E-state index contributed by atoms with van der Waals surface area (Å²) < 4.78 is 25.3. The molecule has 0 bridgehead atoms. The van der Waals surface area contributed by atoms with E-state index >= 15 is 0 Å². The third-order valence-electron chi connectivity index (χ3n) is 3.42. The number of nitrogens with zero attached hydrogens (tertiary/aromatic N) is 1. The zero-order valence-electron chi connectivity index (χ0n) is 12.1. The molecule has 1 amide bonds. The van der Waals surface area contributed by atoms with Gasteiger partial charge in [0.15, 0.2) is 0 Å². The Morgan fingerprint density at radius 1 is 1.50 bits per heavy atom. The van der Waals surface area contributed by atoms with Gasteiger partial charge in [0.2, 0.25) is 15.9 Å². The molecule has 2 N–H and O–H groups in total. The van der Waals surface area contributed by atoms with Gasteiger partial charge in [0.1, 0.15) is 5.75 Å². The average Bonchev–Trinajstić information content (AvgIpc) is 2.47. The standard InChI is InChI=1S/C13H18ClN3O3S.ClH/c1-15-21(19,20)9-13(18)17-6-5-16-8-12(17)10-3-2-4-11(14)7-10;/h2-4,7,12,15-16H,5-6,8-9H2,1H3;1H. The maximum absolute atomic E-state index is 12.3. The molecule has 0 radical (unpaired) electrons. The second-order valence-corrected chi connectivity index (χ2v) is 7.19. The average molecular weight is 368 g/mol. The lowest BCUT2D eigenvalue weighted by atomic mass is 10.0. The number of halogens is 2. The van der Waals surface area contributed by atoms with Crippen molar-refractivity contribution in [2.24, 2.45) is 0 Å². The predicted molar refractivity (Wildman–Crippen MR) is 88.9 cm³/mol. The van der Waals surface area contributed by atoms with Gasteiger partial charge in [-0.3, -0.25) is 4.79 Å². The molecule has 0 aliphatic carbocycles. The molecular weight excluding hydrogens is 349 g/mol. The molecule has 1 aromatic rings. The van der Waals surface area contributed by atoms with E-state index in [9.17, 15) is 13.2 Å². The second kappa shape index (κ2) is 8.12. The van der Waals surface area contributed by atoms with Crippen LogP contribution in [0.3, 0.4) is 0 Å². The highest BCUT2D eigenvalue weighted by molar-refractivity contribution is 7.90. The fourth-order valence-electron chi connectivity index (χ4n) is 2.33. The molecule has 1 heterocycles. The molecule has 1 aliphatic heterocycles. The summed E-state index contributed by atoms with van der Waals surface area (Å²) in [6.07, 6.45) is 0. The van der Waals surface area contributed by atoms with Crippen LogP contribution in [0.2, 0.25) is 5.02 Å². The molecule has 0 aromatic heterocycles. The van der Waals surface area contributed by atoms with Crippen LogP contribution in [0.25, 0.3) is 0 Å². The quantitative estimate of drug-likeness (QED) is 0.824. The summed E-state index contributed by atoms with van der Waals surface area (Å²) >= 11 is 5.99. The third-order valence-corrected chi connectivity index (χ3v) is 4.91. The molecule has 1 aliphatic rings. The van der Waals surface area contributed by atoms with Gasteiger partial charge in [-0.25, -0.2) is 13.1 Å². The van der Waals surface area contributed by atoms with Crippen molar-refractivity contribution in [3.05, 3.63) is 34.9 Å². The van der Waals surface area contributed by atoms with E-state index < -0.39 is 21.7 Å².